The summed E-state index contributed by atoms with van der Waals surface area (Å²) in [4.78, 5) is 5.09. The van der Waals surface area contributed by atoms with Gasteiger partial charge in [-0.2, -0.15) is 0 Å². The van der Waals surface area contributed by atoms with Gasteiger partial charge in [0, 0.05) is 5.70 Å². The Kier molecular flexibility index (Phi) is 5.03. The van der Waals surface area contributed by atoms with E-state index in [1.54, 1.807) is 17.3 Å². The lowest BCUT2D eigenvalue weighted by molar-refractivity contribution is 0.321. The van der Waals surface area contributed by atoms with Gasteiger partial charge in [0.25, 0.3) is 0 Å². The Morgan fingerprint density at radius 3 is 2.50 bits per heavy atom. The number of allylic oxidation sites excluding steroid dienone is 1. The number of aliphatic imine (C=N–C) groups is 1. The van der Waals surface area contributed by atoms with Crippen LogP contribution in [0.2, 0.25) is 0 Å². The molecule has 2 aliphatic carbocycles. The molecule has 4 heteroatoms. The Balaban J connectivity index is 0.00000120. The van der Waals surface area contributed by atoms with E-state index in [2.05, 4.69) is 11.6 Å². The molecular formula is C14H23IN2S. The smallest absolute Gasteiger partial charge is 0.161 e. The first-order valence-electron chi connectivity index (χ1n) is 6.97. The third-order valence-corrected chi connectivity index (χ3v) is 5.06. The first-order chi connectivity index (χ1) is 8.34. The third kappa shape index (κ3) is 2.60. The van der Waals surface area contributed by atoms with Gasteiger partial charge in [0.1, 0.15) is 0 Å². The third-order valence-electron chi connectivity index (χ3n) is 4.48. The minimum absolute atomic E-state index is 0. The fourth-order valence-corrected chi connectivity index (χ4v) is 4.11. The van der Waals surface area contributed by atoms with Crippen LogP contribution in [-0.4, -0.2) is 17.0 Å². The lowest BCUT2D eigenvalue weighted by atomic mass is 9.72. The molecule has 1 aliphatic heterocycles. The molecule has 3 aliphatic rings. The summed E-state index contributed by atoms with van der Waals surface area (Å²) in [5, 5.41) is 4.73. The summed E-state index contributed by atoms with van der Waals surface area (Å²) >= 11 is 1.77. The number of hydrogen-bond donors (Lipinski definition) is 1. The summed E-state index contributed by atoms with van der Waals surface area (Å²) < 4.78 is 0. The van der Waals surface area contributed by atoms with Crippen molar-refractivity contribution >= 4 is 40.9 Å². The molecule has 0 atom stereocenters. The number of thioether (sulfide) groups is 1. The molecule has 1 saturated carbocycles. The highest BCUT2D eigenvalue weighted by atomic mass is 127. The molecule has 1 fully saturated rings. The molecule has 0 aromatic heterocycles. The van der Waals surface area contributed by atoms with Crippen LogP contribution >= 0.6 is 35.7 Å². The molecule has 0 bridgehead atoms. The maximum Gasteiger partial charge on any atom is 0.161 e. The Hall–Kier alpha value is 0.290. The summed E-state index contributed by atoms with van der Waals surface area (Å²) in [6.07, 6.45) is 14.1. The normalized spacial score (nSPS) is 25.9. The number of hydrogen-bond acceptors (Lipinski definition) is 3. The lowest BCUT2D eigenvalue weighted by Gasteiger charge is -2.42. The van der Waals surface area contributed by atoms with Crippen LogP contribution in [0.3, 0.4) is 0 Å². The quantitative estimate of drug-likeness (QED) is 0.630. The maximum atomic E-state index is 5.09. The minimum Gasteiger partial charge on any atom is -0.339 e. The van der Waals surface area contributed by atoms with Crippen molar-refractivity contribution in [3.05, 3.63) is 11.3 Å². The molecule has 102 valence electrons. The van der Waals surface area contributed by atoms with Crippen molar-refractivity contribution in [2.24, 2.45) is 4.99 Å². The van der Waals surface area contributed by atoms with Crippen molar-refractivity contribution in [3.8, 4) is 0 Å². The van der Waals surface area contributed by atoms with E-state index in [1.807, 2.05) is 0 Å². The number of halogens is 1. The molecule has 0 amide bonds. The van der Waals surface area contributed by atoms with E-state index >= 15 is 0 Å². The topological polar surface area (TPSA) is 24.4 Å². The highest BCUT2D eigenvalue weighted by Crippen LogP contribution is 2.45. The zero-order valence-corrected chi connectivity index (χ0v) is 14.3. The van der Waals surface area contributed by atoms with Gasteiger partial charge in [-0.1, -0.05) is 31.0 Å². The SMILES string of the molecule is CSC1=NC2(CCCCC2)C2=C(CCCC2)N1.I. The zero-order chi connectivity index (χ0) is 11.7. The predicted octanol–water partition coefficient (Wildman–Crippen LogP) is 4.46. The predicted molar refractivity (Wildman–Crippen MR) is 90.8 cm³/mol. The average molecular weight is 378 g/mol. The zero-order valence-electron chi connectivity index (χ0n) is 11.1. The Bertz CT molecular complexity index is 370. The summed E-state index contributed by atoms with van der Waals surface area (Å²) in [7, 11) is 0. The Morgan fingerprint density at radius 1 is 1.06 bits per heavy atom. The fraction of sp³-hybridized carbons (Fsp3) is 0.786. The van der Waals surface area contributed by atoms with Gasteiger partial charge in [0.2, 0.25) is 0 Å². The second kappa shape index (κ2) is 6.16. The fourth-order valence-electron chi connectivity index (χ4n) is 3.62. The first kappa shape index (κ1) is 14.7. The van der Waals surface area contributed by atoms with Gasteiger partial charge in [-0.25, -0.2) is 0 Å². The number of nitrogens with zero attached hydrogens (tertiary/aromatic N) is 1. The van der Waals surface area contributed by atoms with Crippen molar-refractivity contribution in [1.82, 2.24) is 5.32 Å². The van der Waals surface area contributed by atoms with Crippen molar-refractivity contribution in [2.45, 2.75) is 63.3 Å². The van der Waals surface area contributed by atoms with Crippen LogP contribution in [0.4, 0.5) is 0 Å². The van der Waals surface area contributed by atoms with Crippen molar-refractivity contribution in [2.75, 3.05) is 6.26 Å². The summed E-state index contributed by atoms with van der Waals surface area (Å²) in [5.41, 5.74) is 3.40. The monoisotopic (exact) mass is 378 g/mol. The number of nitrogens with one attached hydrogen (secondary N) is 1. The molecule has 1 heterocycles. The average Bonchev–Trinajstić information content (AvgIpc) is 2.40. The van der Waals surface area contributed by atoms with Gasteiger partial charge >= 0.3 is 0 Å². The molecule has 0 aromatic rings. The van der Waals surface area contributed by atoms with Gasteiger partial charge in [0.05, 0.1) is 5.54 Å². The molecule has 0 unspecified atom stereocenters. The highest BCUT2D eigenvalue weighted by molar-refractivity contribution is 14.0. The van der Waals surface area contributed by atoms with Crippen molar-refractivity contribution in [1.29, 1.82) is 0 Å². The Labute approximate surface area is 131 Å². The van der Waals surface area contributed by atoms with Gasteiger partial charge < -0.3 is 5.32 Å². The van der Waals surface area contributed by atoms with E-state index in [-0.39, 0.29) is 29.5 Å². The van der Waals surface area contributed by atoms with Crippen LogP contribution in [-0.2, 0) is 0 Å². The van der Waals surface area contributed by atoms with E-state index in [1.165, 1.54) is 63.5 Å². The molecular weight excluding hydrogens is 355 g/mol. The molecule has 0 saturated heterocycles. The molecule has 0 aromatic carbocycles. The lowest BCUT2D eigenvalue weighted by Crippen LogP contribution is -2.42. The second-order valence-corrected chi connectivity index (χ2v) is 6.30. The van der Waals surface area contributed by atoms with Crippen LogP contribution in [0.15, 0.2) is 16.3 Å². The molecule has 18 heavy (non-hydrogen) atoms. The van der Waals surface area contributed by atoms with Crippen LogP contribution in [0.5, 0.6) is 0 Å². The first-order valence-corrected chi connectivity index (χ1v) is 8.20. The van der Waals surface area contributed by atoms with E-state index < -0.39 is 0 Å². The molecule has 3 rings (SSSR count). The van der Waals surface area contributed by atoms with Gasteiger partial charge in [-0.3, -0.25) is 4.99 Å². The highest BCUT2D eigenvalue weighted by Gasteiger charge is 2.40. The summed E-state index contributed by atoms with van der Waals surface area (Å²) in [6.45, 7) is 0. The van der Waals surface area contributed by atoms with Crippen molar-refractivity contribution < 1.29 is 0 Å². The molecule has 1 N–H and O–H groups in total. The summed E-state index contributed by atoms with van der Waals surface area (Å²) in [6, 6.07) is 0. The van der Waals surface area contributed by atoms with E-state index in [4.69, 9.17) is 4.99 Å². The number of fused-ring (bicyclic) bond motifs is 1. The van der Waals surface area contributed by atoms with Crippen molar-refractivity contribution in [3.63, 3.8) is 0 Å². The van der Waals surface area contributed by atoms with Crippen LogP contribution < -0.4 is 5.32 Å². The maximum absolute atomic E-state index is 5.09. The number of amidine groups is 1. The second-order valence-electron chi connectivity index (χ2n) is 5.50. The largest absolute Gasteiger partial charge is 0.339 e. The minimum atomic E-state index is 0. The van der Waals surface area contributed by atoms with Gasteiger partial charge in [-0.15, -0.1) is 24.0 Å². The van der Waals surface area contributed by atoms with E-state index in [9.17, 15) is 0 Å². The molecule has 2 nitrogen and oxygen atoms in total. The summed E-state index contributed by atoms with van der Waals surface area (Å²) in [5.74, 6) is 0. The molecule has 1 spiro atoms. The van der Waals surface area contributed by atoms with Gasteiger partial charge in [-0.05, 0) is 50.4 Å². The van der Waals surface area contributed by atoms with Gasteiger partial charge in [0.15, 0.2) is 5.17 Å². The van der Waals surface area contributed by atoms with E-state index in [0.29, 0.717) is 0 Å². The van der Waals surface area contributed by atoms with Crippen LogP contribution in [0.1, 0.15) is 57.8 Å². The molecule has 0 radical (unpaired) electrons. The van der Waals surface area contributed by atoms with E-state index in [0.717, 1.165) is 5.17 Å². The Morgan fingerprint density at radius 2 is 1.78 bits per heavy atom. The van der Waals surface area contributed by atoms with Crippen LogP contribution in [0, 0.1) is 0 Å². The standard InChI is InChI=1S/C14H22N2S.HI/c1-17-13-15-12-8-4-3-7-11(12)14(16-13)9-5-2-6-10-14;/h2-10H2,1H3,(H,15,16);1H. The van der Waals surface area contributed by atoms with Crippen LogP contribution in [0.25, 0.3) is 0 Å². The number of rotatable bonds is 0.